The van der Waals surface area contributed by atoms with Crippen molar-refractivity contribution in [2.45, 2.75) is 84.2 Å². The molecule has 37 heavy (non-hydrogen) atoms. The lowest BCUT2D eigenvalue weighted by Gasteiger charge is -2.45. The van der Waals surface area contributed by atoms with Crippen LogP contribution in [0.25, 0.3) is 0 Å². The number of nitrogens with zero attached hydrogens (tertiary/aromatic N) is 2. The van der Waals surface area contributed by atoms with E-state index in [-0.39, 0.29) is 11.9 Å². The molecule has 0 saturated carbocycles. The van der Waals surface area contributed by atoms with Gasteiger partial charge in [0.2, 0.25) is 0 Å². The summed E-state index contributed by atoms with van der Waals surface area (Å²) in [5, 5.41) is 9.66. The van der Waals surface area contributed by atoms with E-state index in [4.69, 9.17) is 14.0 Å². The van der Waals surface area contributed by atoms with Gasteiger partial charge < -0.3 is 18.9 Å². The molecule has 2 atom stereocenters. The van der Waals surface area contributed by atoms with E-state index in [2.05, 4.69) is 6.07 Å². The lowest BCUT2D eigenvalue weighted by atomic mass is 9.75. The Balaban J connectivity index is 1.52. The summed E-state index contributed by atoms with van der Waals surface area (Å²) in [7, 11) is -0.450. The summed E-state index contributed by atoms with van der Waals surface area (Å²) >= 11 is 0. The van der Waals surface area contributed by atoms with Gasteiger partial charge in [-0.15, -0.1) is 0 Å². The summed E-state index contributed by atoms with van der Waals surface area (Å²) in [5.74, 6) is -0.361. The fourth-order valence-electron chi connectivity index (χ4n) is 5.05. The highest BCUT2D eigenvalue weighted by Gasteiger charge is 2.52. The first-order chi connectivity index (χ1) is 17.2. The van der Waals surface area contributed by atoms with Crippen LogP contribution in [0.5, 0.6) is 0 Å². The van der Waals surface area contributed by atoms with Crippen LogP contribution in [0.4, 0.5) is 9.18 Å². The molecule has 2 aromatic rings. The molecule has 0 radical (unpaired) electrons. The van der Waals surface area contributed by atoms with Crippen molar-refractivity contribution in [2.75, 3.05) is 6.54 Å². The summed E-state index contributed by atoms with van der Waals surface area (Å²) in [6, 6.07) is 16.0. The summed E-state index contributed by atoms with van der Waals surface area (Å²) in [6.07, 6.45) is 0.358. The minimum Gasteiger partial charge on any atom is -0.438 e. The van der Waals surface area contributed by atoms with Gasteiger partial charge in [-0.25, -0.2) is 9.18 Å². The third kappa shape index (κ3) is 5.25. The second-order valence-electron chi connectivity index (χ2n) is 11.9. The Hall–Kier alpha value is -2.89. The maximum atomic E-state index is 13.6. The van der Waals surface area contributed by atoms with Crippen molar-refractivity contribution in [3.8, 4) is 6.07 Å². The van der Waals surface area contributed by atoms with Crippen LogP contribution in [0.15, 0.2) is 48.5 Å². The van der Waals surface area contributed by atoms with Gasteiger partial charge in [0.25, 0.3) is 0 Å². The second kappa shape index (κ2) is 9.45. The van der Waals surface area contributed by atoms with Crippen LogP contribution in [0.2, 0.25) is 0 Å². The number of cyclic esters (lactones) is 1. The van der Waals surface area contributed by atoms with Crippen molar-refractivity contribution in [1.29, 1.82) is 5.26 Å². The van der Waals surface area contributed by atoms with Gasteiger partial charge in [0.1, 0.15) is 11.4 Å². The maximum absolute atomic E-state index is 13.6. The average molecular weight is 506 g/mol. The van der Waals surface area contributed by atoms with E-state index < -0.39 is 35.4 Å². The first-order valence-corrected chi connectivity index (χ1v) is 12.8. The lowest BCUT2D eigenvalue weighted by Crippen LogP contribution is -2.50. The predicted octanol–water partition coefficient (Wildman–Crippen LogP) is 5.86. The molecule has 0 spiro atoms. The number of ether oxygens (including phenoxy) is 1. The minimum atomic E-state index is -0.999. The quantitative estimate of drug-likeness (QED) is 0.459. The smallest absolute Gasteiger partial charge is 0.438 e. The van der Waals surface area contributed by atoms with Crippen LogP contribution < -0.4 is 5.46 Å². The van der Waals surface area contributed by atoms with Crippen LogP contribution in [0.3, 0.4) is 0 Å². The number of rotatable bonds is 6. The van der Waals surface area contributed by atoms with Crippen molar-refractivity contribution in [3.63, 3.8) is 0 Å². The average Bonchev–Trinajstić information content (AvgIpc) is 3.05. The molecular weight excluding hydrogens is 470 g/mol. The molecule has 1 amide bonds. The van der Waals surface area contributed by atoms with Gasteiger partial charge in [-0.05, 0) is 77.2 Å². The number of hydrogen-bond donors (Lipinski definition) is 0. The van der Waals surface area contributed by atoms with Crippen molar-refractivity contribution in [1.82, 2.24) is 4.90 Å². The summed E-state index contributed by atoms with van der Waals surface area (Å²) in [5.41, 5.74) is 0.0156. The van der Waals surface area contributed by atoms with Crippen LogP contribution in [-0.2, 0) is 19.6 Å². The molecule has 2 aromatic carbocycles. The molecule has 2 aliphatic rings. The SMILES string of the molecule is C[C@@H](c1ccc(B2OC(C)(C)C(C)(C)O2)cc1)N1CC[C@@](CC(C)(C)C#N)(c2ccc(F)cc2)OC1=O. The van der Waals surface area contributed by atoms with Crippen LogP contribution in [0, 0.1) is 22.6 Å². The number of amides is 1. The van der Waals surface area contributed by atoms with Crippen molar-refractivity contribution in [2.24, 2.45) is 5.41 Å². The summed E-state index contributed by atoms with van der Waals surface area (Å²) in [6.45, 7) is 14.1. The van der Waals surface area contributed by atoms with Gasteiger partial charge in [0, 0.05) is 19.4 Å². The van der Waals surface area contributed by atoms with Gasteiger partial charge in [-0.3, -0.25) is 0 Å². The third-order valence-electron chi connectivity index (χ3n) is 8.09. The first-order valence-electron chi connectivity index (χ1n) is 12.8. The molecule has 2 fully saturated rings. The maximum Gasteiger partial charge on any atom is 0.494 e. The van der Waals surface area contributed by atoms with E-state index in [1.54, 1.807) is 17.0 Å². The Morgan fingerprint density at radius 3 is 2.14 bits per heavy atom. The number of benzene rings is 2. The second-order valence-corrected chi connectivity index (χ2v) is 11.9. The summed E-state index contributed by atoms with van der Waals surface area (Å²) < 4.78 is 32.1. The molecule has 2 heterocycles. The number of carbonyl (C=O) groups excluding carboxylic acids is 1. The van der Waals surface area contributed by atoms with Gasteiger partial charge in [0.15, 0.2) is 0 Å². The third-order valence-corrected chi connectivity index (χ3v) is 8.09. The van der Waals surface area contributed by atoms with Crippen molar-refractivity contribution in [3.05, 3.63) is 65.5 Å². The van der Waals surface area contributed by atoms with E-state index in [1.807, 2.05) is 72.7 Å². The van der Waals surface area contributed by atoms with Crippen LogP contribution >= 0.6 is 0 Å². The molecule has 0 bridgehead atoms. The lowest BCUT2D eigenvalue weighted by molar-refractivity contribution is -0.0771. The molecule has 0 aromatic heterocycles. The van der Waals surface area contributed by atoms with Crippen molar-refractivity contribution < 1.29 is 23.2 Å². The highest BCUT2D eigenvalue weighted by Crippen LogP contribution is 2.44. The number of halogens is 1. The number of nitriles is 1. The molecular formula is C29H36BFN2O4. The largest absolute Gasteiger partial charge is 0.494 e. The normalized spacial score (nSPS) is 23.9. The zero-order chi connectivity index (χ0) is 27.2. The van der Waals surface area contributed by atoms with E-state index >= 15 is 0 Å². The fraction of sp³-hybridized carbons (Fsp3) is 0.517. The Morgan fingerprint density at radius 1 is 1.05 bits per heavy atom. The Bertz CT molecular complexity index is 1170. The van der Waals surface area contributed by atoms with Crippen LogP contribution in [0.1, 0.15) is 78.5 Å². The van der Waals surface area contributed by atoms with E-state index in [0.29, 0.717) is 24.9 Å². The first kappa shape index (κ1) is 27.2. The van der Waals surface area contributed by atoms with Crippen LogP contribution in [-0.4, -0.2) is 35.9 Å². The van der Waals surface area contributed by atoms with E-state index in [0.717, 1.165) is 11.0 Å². The highest BCUT2D eigenvalue weighted by atomic mass is 19.1. The van der Waals surface area contributed by atoms with Crippen molar-refractivity contribution >= 4 is 18.7 Å². The number of hydrogen-bond acceptors (Lipinski definition) is 5. The molecule has 4 rings (SSSR count). The van der Waals surface area contributed by atoms with Gasteiger partial charge in [-0.1, -0.05) is 36.4 Å². The molecule has 2 aliphatic heterocycles. The molecule has 0 aliphatic carbocycles. The van der Waals surface area contributed by atoms with Gasteiger partial charge >= 0.3 is 13.2 Å². The standard InChI is InChI=1S/C29H36BFN2O4/c1-20(21-8-12-23(13-9-21)30-36-27(4,5)28(6,7)37-30)33-17-16-29(35-25(33)34,18-26(2,3)19-32)22-10-14-24(31)15-11-22/h8-15,20H,16-18H2,1-7H3/t20-,29+/m0/s1. The monoisotopic (exact) mass is 506 g/mol. The highest BCUT2D eigenvalue weighted by molar-refractivity contribution is 6.62. The molecule has 8 heteroatoms. The molecule has 2 saturated heterocycles. The van der Waals surface area contributed by atoms with Gasteiger partial charge in [-0.2, -0.15) is 5.26 Å². The molecule has 196 valence electrons. The van der Waals surface area contributed by atoms with E-state index in [9.17, 15) is 14.4 Å². The minimum absolute atomic E-state index is 0.227. The van der Waals surface area contributed by atoms with E-state index in [1.165, 1.54) is 12.1 Å². The Kier molecular flexibility index (Phi) is 6.94. The molecule has 0 unspecified atom stereocenters. The van der Waals surface area contributed by atoms with Gasteiger partial charge in [0.05, 0.1) is 28.7 Å². The predicted molar refractivity (Wildman–Crippen MR) is 140 cm³/mol. The topological polar surface area (TPSA) is 71.8 Å². The Labute approximate surface area is 219 Å². The Morgan fingerprint density at radius 2 is 1.62 bits per heavy atom. The fourth-order valence-corrected chi connectivity index (χ4v) is 5.05. The zero-order valence-corrected chi connectivity index (χ0v) is 22.8. The number of carbonyl (C=O) groups is 1. The summed E-state index contributed by atoms with van der Waals surface area (Å²) in [4.78, 5) is 15.1. The molecule has 0 N–H and O–H groups in total. The zero-order valence-electron chi connectivity index (χ0n) is 22.8. The molecule has 6 nitrogen and oxygen atoms in total.